The summed E-state index contributed by atoms with van der Waals surface area (Å²) in [7, 11) is 1.64. The predicted octanol–water partition coefficient (Wildman–Crippen LogP) is 18.4. The van der Waals surface area contributed by atoms with Crippen molar-refractivity contribution < 1.29 is 32.9 Å². The van der Waals surface area contributed by atoms with Crippen molar-refractivity contribution in [2.45, 2.75) is 334 Å². The Morgan fingerprint density at radius 3 is 0.985 bits per heavy atom. The van der Waals surface area contributed by atoms with Crippen molar-refractivity contribution >= 4 is 13.7 Å². The van der Waals surface area contributed by atoms with Gasteiger partial charge in [0.2, 0.25) is 5.91 Å². The number of hydrogen-bond donors (Lipinski definition) is 3. The number of carbonyl (C=O) groups excluding carboxylic acids is 1. The van der Waals surface area contributed by atoms with E-state index >= 15 is 0 Å². The molecule has 0 bridgehead atoms. The summed E-state index contributed by atoms with van der Waals surface area (Å²) in [4.78, 5) is 23.3. The highest BCUT2D eigenvalue weighted by Crippen LogP contribution is 2.43. The van der Waals surface area contributed by atoms with E-state index in [1.165, 1.54) is 257 Å². The summed E-state index contributed by atoms with van der Waals surface area (Å²) < 4.78 is 23.8. The quantitative estimate of drug-likeness (QED) is 0.0319. The fourth-order valence-electron chi connectivity index (χ4n) is 9.58. The van der Waals surface area contributed by atoms with Crippen molar-refractivity contribution in [3.8, 4) is 0 Å². The molecule has 0 spiro atoms. The third-order valence-electron chi connectivity index (χ3n) is 14.4. The molecule has 0 radical (unpaired) electrons. The molecule has 0 aliphatic carbocycles. The number of phosphoric ester groups is 1. The summed E-state index contributed by atoms with van der Waals surface area (Å²) in [6.45, 7) is 4.94. The Hall–Kier alpha value is -0.500. The molecule has 0 saturated carbocycles. The second kappa shape index (κ2) is 51.4. The molecule has 68 heavy (non-hydrogen) atoms. The molecule has 0 fully saturated rings. The van der Waals surface area contributed by atoms with Crippen LogP contribution in [-0.4, -0.2) is 73.4 Å². The minimum absolute atomic E-state index is 0.0790. The van der Waals surface area contributed by atoms with E-state index in [1.54, 1.807) is 0 Å². The van der Waals surface area contributed by atoms with Gasteiger partial charge in [-0.2, -0.15) is 0 Å². The van der Waals surface area contributed by atoms with Gasteiger partial charge < -0.3 is 19.8 Å². The number of aliphatic hydroxyl groups is 1. The number of quaternary nitrogens is 1. The molecule has 0 saturated heterocycles. The third kappa shape index (κ3) is 53.3. The van der Waals surface area contributed by atoms with E-state index in [0.717, 1.165) is 38.5 Å². The molecule has 1 amide bonds. The van der Waals surface area contributed by atoms with Crippen LogP contribution in [0, 0.1) is 0 Å². The summed E-state index contributed by atoms with van der Waals surface area (Å²) in [5.41, 5.74) is 0. The third-order valence-corrected chi connectivity index (χ3v) is 15.3. The topological polar surface area (TPSA) is 105 Å². The van der Waals surface area contributed by atoms with Crippen LogP contribution < -0.4 is 5.32 Å². The van der Waals surface area contributed by atoms with E-state index in [0.29, 0.717) is 23.9 Å². The number of rotatable bonds is 57. The van der Waals surface area contributed by atoms with Crippen molar-refractivity contribution in [3.63, 3.8) is 0 Å². The van der Waals surface area contributed by atoms with Crippen LogP contribution in [0.25, 0.3) is 0 Å². The summed E-state index contributed by atoms with van der Waals surface area (Å²) >= 11 is 0. The SMILES string of the molecule is CCCCCCCCCCCCCCCCCCCCCCCCCCCCCCCCCC(=O)NC(COP(=O)(O)OCC[N+](C)(C)C)C(O)CCCCCCCCCCCCCCCCC. The summed E-state index contributed by atoms with van der Waals surface area (Å²) in [6.07, 6.45) is 61.8. The molecule has 3 atom stereocenters. The van der Waals surface area contributed by atoms with Crippen LogP contribution in [0.4, 0.5) is 0 Å². The van der Waals surface area contributed by atoms with Gasteiger partial charge in [-0.3, -0.25) is 13.8 Å². The molecule has 3 unspecified atom stereocenters. The fourth-order valence-corrected chi connectivity index (χ4v) is 10.3. The van der Waals surface area contributed by atoms with Gasteiger partial charge >= 0.3 is 7.82 Å². The maximum absolute atomic E-state index is 13.0. The number of aliphatic hydroxyl groups excluding tert-OH is 1. The Kier molecular flexibility index (Phi) is 51.0. The molecular formula is C59H122N2O6P+. The van der Waals surface area contributed by atoms with Crippen molar-refractivity contribution in [1.29, 1.82) is 0 Å². The number of likely N-dealkylation sites (N-methyl/N-ethyl adjacent to an activating group) is 1. The zero-order valence-corrected chi connectivity index (χ0v) is 47.5. The van der Waals surface area contributed by atoms with Gasteiger partial charge in [-0.1, -0.05) is 303 Å². The minimum Gasteiger partial charge on any atom is -0.391 e. The Bertz CT molecular complexity index is 1070. The Labute approximate surface area is 425 Å². The number of unbranched alkanes of at least 4 members (excludes halogenated alkanes) is 44. The molecule has 0 aromatic heterocycles. The Morgan fingerprint density at radius 2 is 0.706 bits per heavy atom. The van der Waals surface area contributed by atoms with Gasteiger partial charge in [-0.05, 0) is 12.8 Å². The van der Waals surface area contributed by atoms with Crippen LogP contribution >= 0.6 is 7.82 Å². The average Bonchev–Trinajstić information content (AvgIpc) is 3.30. The van der Waals surface area contributed by atoms with Gasteiger partial charge in [0.1, 0.15) is 13.2 Å². The largest absolute Gasteiger partial charge is 0.472 e. The van der Waals surface area contributed by atoms with Gasteiger partial charge in [-0.25, -0.2) is 4.57 Å². The van der Waals surface area contributed by atoms with E-state index in [-0.39, 0.29) is 19.1 Å². The maximum atomic E-state index is 13.0. The molecule has 0 aromatic carbocycles. The second-order valence-corrected chi connectivity index (χ2v) is 23.9. The average molecular weight is 987 g/mol. The lowest BCUT2D eigenvalue weighted by atomic mass is 10.0. The number of nitrogens with one attached hydrogen (secondary N) is 1. The summed E-state index contributed by atoms with van der Waals surface area (Å²) in [5.74, 6) is -0.136. The highest BCUT2D eigenvalue weighted by atomic mass is 31.2. The van der Waals surface area contributed by atoms with E-state index in [1.807, 2.05) is 21.1 Å². The zero-order chi connectivity index (χ0) is 49.9. The molecule has 8 nitrogen and oxygen atoms in total. The van der Waals surface area contributed by atoms with Crippen LogP contribution in [0.5, 0.6) is 0 Å². The molecular weight excluding hydrogens is 864 g/mol. The van der Waals surface area contributed by atoms with Gasteiger partial charge in [0.15, 0.2) is 0 Å². The minimum atomic E-state index is -4.32. The van der Waals surface area contributed by atoms with Crippen LogP contribution in [-0.2, 0) is 18.4 Å². The number of amides is 1. The lowest BCUT2D eigenvalue weighted by Gasteiger charge is -2.26. The number of nitrogens with zero attached hydrogens (tertiary/aromatic N) is 1. The summed E-state index contributed by atoms with van der Waals surface area (Å²) in [5, 5.41) is 14.1. The number of carbonyl (C=O) groups is 1. The number of phosphoric acid groups is 1. The molecule has 0 aromatic rings. The second-order valence-electron chi connectivity index (χ2n) is 22.4. The van der Waals surface area contributed by atoms with Crippen LogP contribution in [0.15, 0.2) is 0 Å². The van der Waals surface area contributed by atoms with Crippen molar-refractivity contribution in [2.75, 3.05) is 40.9 Å². The number of hydrogen-bond acceptors (Lipinski definition) is 5. The lowest BCUT2D eigenvalue weighted by Crippen LogP contribution is -2.46. The summed E-state index contributed by atoms with van der Waals surface area (Å²) in [6, 6.07) is -0.755. The highest BCUT2D eigenvalue weighted by Gasteiger charge is 2.28. The first-order valence-corrected chi connectivity index (χ1v) is 31.9. The standard InChI is InChI=1S/C59H121N2O6P/c1-6-8-10-12-14-16-18-20-22-23-24-25-26-27-28-29-30-31-32-33-34-35-36-37-39-41-43-45-47-49-51-53-59(63)60-57(56-67-68(64,65)66-55-54-61(3,4)5)58(62)52-50-48-46-44-42-40-38-21-19-17-15-13-11-9-7-2/h57-58,62H,6-56H2,1-5H3,(H-,60,63,64,65)/p+1. The fraction of sp³-hybridized carbons (Fsp3) is 0.983. The molecule has 9 heteroatoms. The first-order chi connectivity index (χ1) is 33.0. The predicted molar refractivity (Wildman–Crippen MR) is 296 cm³/mol. The van der Waals surface area contributed by atoms with Crippen molar-refractivity contribution in [1.82, 2.24) is 5.32 Å². The lowest BCUT2D eigenvalue weighted by molar-refractivity contribution is -0.870. The van der Waals surface area contributed by atoms with Gasteiger partial charge in [-0.15, -0.1) is 0 Å². The van der Waals surface area contributed by atoms with Gasteiger partial charge in [0, 0.05) is 6.42 Å². The zero-order valence-electron chi connectivity index (χ0n) is 46.6. The molecule has 408 valence electrons. The van der Waals surface area contributed by atoms with E-state index in [9.17, 15) is 19.4 Å². The Balaban J connectivity index is 3.97. The van der Waals surface area contributed by atoms with Crippen molar-refractivity contribution in [3.05, 3.63) is 0 Å². The molecule has 3 N–H and O–H groups in total. The smallest absolute Gasteiger partial charge is 0.391 e. The molecule has 0 aliphatic heterocycles. The molecule has 0 rings (SSSR count). The van der Waals surface area contributed by atoms with E-state index < -0.39 is 20.0 Å². The van der Waals surface area contributed by atoms with Crippen LogP contribution in [0.3, 0.4) is 0 Å². The van der Waals surface area contributed by atoms with Gasteiger partial charge in [0.25, 0.3) is 0 Å². The molecule has 0 aliphatic rings. The van der Waals surface area contributed by atoms with Crippen molar-refractivity contribution in [2.24, 2.45) is 0 Å². The van der Waals surface area contributed by atoms with E-state index in [2.05, 4.69) is 19.2 Å². The van der Waals surface area contributed by atoms with Crippen LogP contribution in [0.1, 0.15) is 322 Å². The normalized spacial score (nSPS) is 13.8. The van der Waals surface area contributed by atoms with E-state index in [4.69, 9.17) is 9.05 Å². The maximum Gasteiger partial charge on any atom is 0.472 e. The Morgan fingerprint density at radius 1 is 0.441 bits per heavy atom. The monoisotopic (exact) mass is 986 g/mol. The molecule has 0 heterocycles. The first kappa shape index (κ1) is 67.5. The first-order valence-electron chi connectivity index (χ1n) is 30.4. The highest BCUT2D eigenvalue weighted by molar-refractivity contribution is 7.47. The van der Waals surface area contributed by atoms with Crippen LogP contribution in [0.2, 0.25) is 0 Å². The van der Waals surface area contributed by atoms with Gasteiger partial charge in [0.05, 0.1) is 39.9 Å².